The summed E-state index contributed by atoms with van der Waals surface area (Å²) in [5.74, 6) is 0.103. The molecule has 0 radical (unpaired) electrons. The number of carbonyl (C=O) groups is 2. The number of amidine groups is 1. The number of nitrogens with zero attached hydrogens (tertiary/aromatic N) is 2. The second-order valence-corrected chi connectivity index (χ2v) is 9.24. The average Bonchev–Trinajstić information content (AvgIpc) is 3.42. The first kappa shape index (κ1) is 24.1. The summed E-state index contributed by atoms with van der Waals surface area (Å²) < 4.78 is 5.73. The summed E-state index contributed by atoms with van der Waals surface area (Å²) in [4.78, 5) is 32.2. The number of carboxylic acids is 1. The van der Waals surface area contributed by atoms with Crippen LogP contribution in [0.5, 0.6) is 0 Å². The molecular formula is C28H34N2O4. The summed E-state index contributed by atoms with van der Waals surface area (Å²) in [6, 6.07) is 13.0. The van der Waals surface area contributed by atoms with Crippen LogP contribution < -0.4 is 0 Å². The van der Waals surface area contributed by atoms with E-state index in [-0.39, 0.29) is 11.5 Å². The summed E-state index contributed by atoms with van der Waals surface area (Å²) in [5, 5.41) is 9.68. The van der Waals surface area contributed by atoms with Crippen LogP contribution in [-0.2, 0) is 22.7 Å². The molecule has 1 fully saturated rings. The van der Waals surface area contributed by atoms with Crippen LogP contribution in [0.15, 0.2) is 47.5 Å². The van der Waals surface area contributed by atoms with Gasteiger partial charge in [-0.1, -0.05) is 62.6 Å². The van der Waals surface area contributed by atoms with Gasteiger partial charge in [0.25, 0.3) is 5.91 Å². The molecule has 1 amide bonds. The Morgan fingerprint density at radius 3 is 2.59 bits per heavy atom. The Morgan fingerprint density at radius 1 is 1.12 bits per heavy atom. The van der Waals surface area contributed by atoms with Gasteiger partial charge in [-0.15, -0.1) is 0 Å². The highest BCUT2D eigenvalue weighted by atomic mass is 16.5. The molecule has 34 heavy (non-hydrogen) atoms. The van der Waals surface area contributed by atoms with Crippen molar-refractivity contribution in [3.63, 3.8) is 0 Å². The van der Waals surface area contributed by atoms with Gasteiger partial charge in [0.15, 0.2) is 0 Å². The van der Waals surface area contributed by atoms with E-state index in [0.717, 1.165) is 67.5 Å². The zero-order chi connectivity index (χ0) is 24.1. The minimum atomic E-state index is -0.955. The lowest BCUT2D eigenvalue weighted by atomic mass is 9.93. The molecule has 0 atom stereocenters. The van der Waals surface area contributed by atoms with Crippen LogP contribution in [0.2, 0.25) is 0 Å². The normalized spacial score (nSPS) is 16.9. The molecule has 1 spiro atoms. The van der Waals surface area contributed by atoms with Crippen LogP contribution in [-0.4, -0.2) is 39.9 Å². The molecule has 6 heteroatoms. The third-order valence-electron chi connectivity index (χ3n) is 6.90. The average molecular weight is 463 g/mol. The number of hydrogen-bond acceptors (Lipinski definition) is 4. The fraction of sp³-hybridized carbons (Fsp3) is 0.464. The van der Waals surface area contributed by atoms with Gasteiger partial charge in [-0.2, -0.15) is 0 Å². The maximum absolute atomic E-state index is 13.5. The van der Waals surface area contributed by atoms with E-state index in [1.54, 1.807) is 12.1 Å². The molecule has 2 aromatic carbocycles. The van der Waals surface area contributed by atoms with Gasteiger partial charge in [-0.3, -0.25) is 14.7 Å². The lowest BCUT2D eigenvalue weighted by Crippen LogP contribution is -2.40. The minimum absolute atomic E-state index is 0.141. The molecular weight excluding hydrogens is 428 g/mol. The van der Waals surface area contributed by atoms with Gasteiger partial charge >= 0.3 is 5.97 Å². The Kier molecular flexibility index (Phi) is 7.47. The van der Waals surface area contributed by atoms with Gasteiger partial charge in [0, 0.05) is 13.0 Å². The van der Waals surface area contributed by atoms with E-state index in [0.29, 0.717) is 25.3 Å². The molecule has 1 aliphatic carbocycles. The molecule has 2 aromatic rings. The highest BCUT2D eigenvalue weighted by molar-refractivity contribution is 6.08. The van der Waals surface area contributed by atoms with Crippen LogP contribution in [0, 0.1) is 0 Å². The molecule has 4 rings (SSSR count). The number of ether oxygens (including phenoxy) is 1. The summed E-state index contributed by atoms with van der Waals surface area (Å²) in [7, 11) is 0. The molecule has 0 bridgehead atoms. The Bertz CT molecular complexity index is 1090. The number of amides is 1. The van der Waals surface area contributed by atoms with Crippen molar-refractivity contribution in [2.24, 2.45) is 4.99 Å². The Labute approximate surface area is 201 Å². The van der Waals surface area contributed by atoms with Crippen molar-refractivity contribution < 1.29 is 19.4 Å². The van der Waals surface area contributed by atoms with Gasteiger partial charge in [0.2, 0.25) is 0 Å². The number of rotatable bonds is 10. The third kappa shape index (κ3) is 4.78. The van der Waals surface area contributed by atoms with Crippen molar-refractivity contribution in [3.05, 3.63) is 59.2 Å². The Hall–Kier alpha value is -2.99. The molecule has 1 saturated carbocycles. The van der Waals surface area contributed by atoms with E-state index >= 15 is 0 Å². The smallest absolute Gasteiger partial charge is 0.336 e. The van der Waals surface area contributed by atoms with E-state index in [9.17, 15) is 14.7 Å². The van der Waals surface area contributed by atoms with Crippen molar-refractivity contribution in [1.82, 2.24) is 4.90 Å². The standard InChI is InChI=1S/C28H34N2O4/c1-3-5-12-25-29-28(15-8-9-16-28)27(33)30(25)18-20-13-14-22(21(17-20)19-34-4-2)23-10-6-7-11-24(23)26(31)32/h6-7,10-11,13-14,17H,3-5,8-9,12,15-16,18-19H2,1-2H3,(H,31,32). The number of aromatic carboxylic acids is 1. The molecule has 180 valence electrons. The molecule has 0 saturated heterocycles. The monoisotopic (exact) mass is 462 g/mol. The van der Waals surface area contributed by atoms with Crippen LogP contribution in [0.25, 0.3) is 11.1 Å². The highest BCUT2D eigenvalue weighted by Crippen LogP contribution is 2.40. The first-order chi connectivity index (χ1) is 16.5. The van der Waals surface area contributed by atoms with Crippen molar-refractivity contribution in [2.75, 3.05) is 6.61 Å². The van der Waals surface area contributed by atoms with E-state index in [2.05, 4.69) is 6.92 Å². The number of carbonyl (C=O) groups excluding carboxylic acids is 1. The quantitative estimate of drug-likeness (QED) is 0.482. The lowest BCUT2D eigenvalue weighted by molar-refractivity contribution is -0.131. The lowest BCUT2D eigenvalue weighted by Gasteiger charge is -2.23. The van der Waals surface area contributed by atoms with Gasteiger partial charge in [-0.25, -0.2) is 4.79 Å². The van der Waals surface area contributed by atoms with E-state index in [4.69, 9.17) is 9.73 Å². The van der Waals surface area contributed by atoms with Gasteiger partial charge in [0.1, 0.15) is 11.4 Å². The highest BCUT2D eigenvalue weighted by Gasteiger charge is 2.49. The summed E-state index contributed by atoms with van der Waals surface area (Å²) in [6.45, 7) is 5.51. The maximum atomic E-state index is 13.5. The number of hydrogen-bond donors (Lipinski definition) is 1. The molecule has 2 aliphatic rings. The van der Waals surface area contributed by atoms with E-state index < -0.39 is 11.5 Å². The van der Waals surface area contributed by atoms with Crippen molar-refractivity contribution in [3.8, 4) is 11.1 Å². The van der Waals surface area contributed by atoms with Crippen LogP contribution in [0.1, 0.15) is 80.3 Å². The number of unbranched alkanes of at least 4 members (excludes halogenated alkanes) is 1. The summed E-state index contributed by atoms with van der Waals surface area (Å²) in [6.07, 6.45) is 6.70. The van der Waals surface area contributed by atoms with Crippen molar-refractivity contribution in [2.45, 2.75) is 77.5 Å². The van der Waals surface area contributed by atoms with Crippen LogP contribution in [0.3, 0.4) is 0 Å². The van der Waals surface area contributed by atoms with E-state index in [1.165, 1.54) is 0 Å². The first-order valence-electron chi connectivity index (χ1n) is 12.4. The largest absolute Gasteiger partial charge is 0.478 e. The molecule has 6 nitrogen and oxygen atoms in total. The van der Waals surface area contributed by atoms with Crippen molar-refractivity contribution >= 4 is 17.7 Å². The Morgan fingerprint density at radius 2 is 1.88 bits per heavy atom. The predicted molar refractivity (Wildman–Crippen MR) is 133 cm³/mol. The SMILES string of the molecule is CCCCC1=NC2(CCCC2)C(=O)N1Cc1ccc(-c2ccccc2C(=O)O)c(COCC)c1. The zero-order valence-corrected chi connectivity index (χ0v) is 20.2. The van der Waals surface area contributed by atoms with Crippen LogP contribution >= 0.6 is 0 Å². The number of benzene rings is 2. The zero-order valence-electron chi connectivity index (χ0n) is 20.2. The fourth-order valence-electron chi connectivity index (χ4n) is 5.12. The molecule has 1 N–H and O–H groups in total. The Balaban J connectivity index is 1.67. The maximum Gasteiger partial charge on any atom is 0.336 e. The molecule has 1 heterocycles. The third-order valence-corrected chi connectivity index (χ3v) is 6.90. The topological polar surface area (TPSA) is 79.2 Å². The van der Waals surface area contributed by atoms with Gasteiger partial charge in [0.05, 0.1) is 18.7 Å². The second kappa shape index (κ2) is 10.5. The van der Waals surface area contributed by atoms with Crippen molar-refractivity contribution in [1.29, 1.82) is 0 Å². The predicted octanol–water partition coefficient (Wildman–Crippen LogP) is 5.83. The number of aliphatic imine (C=N–C) groups is 1. The van der Waals surface area contributed by atoms with Gasteiger partial charge < -0.3 is 9.84 Å². The minimum Gasteiger partial charge on any atom is -0.478 e. The second-order valence-electron chi connectivity index (χ2n) is 9.24. The molecule has 1 aliphatic heterocycles. The summed E-state index contributed by atoms with van der Waals surface area (Å²) >= 11 is 0. The van der Waals surface area contributed by atoms with E-state index in [1.807, 2.05) is 42.2 Å². The van der Waals surface area contributed by atoms with Gasteiger partial charge in [-0.05, 0) is 54.5 Å². The first-order valence-corrected chi connectivity index (χ1v) is 12.4. The molecule has 0 aromatic heterocycles. The fourth-order valence-corrected chi connectivity index (χ4v) is 5.12. The summed E-state index contributed by atoms with van der Waals surface area (Å²) in [5.41, 5.74) is 3.15. The number of carboxylic acid groups (broad SMARTS) is 1. The van der Waals surface area contributed by atoms with Crippen LogP contribution in [0.4, 0.5) is 0 Å². The molecule has 0 unspecified atom stereocenters.